The first-order valence-electron chi connectivity index (χ1n) is 17.7. The largest absolute Gasteiger partial charge is 0.569 e. The van der Waals surface area contributed by atoms with Crippen molar-refractivity contribution in [3.63, 3.8) is 0 Å². The first-order valence-corrected chi connectivity index (χ1v) is 20.2. The average molecular weight is 915 g/mol. The molecular weight excluding hydrogens is 884 g/mol. The molecule has 0 amide bonds. The Kier molecular flexibility index (Phi) is 13.9. The van der Waals surface area contributed by atoms with Gasteiger partial charge in [0.15, 0.2) is 0 Å². The minimum absolute atomic E-state index is 0. The lowest BCUT2D eigenvalue weighted by atomic mass is 9.80. The first kappa shape index (κ1) is 44.0. The van der Waals surface area contributed by atoms with E-state index in [2.05, 4.69) is 15.9 Å². The molecule has 0 aliphatic carbocycles. The van der Waals surface area contributed by atoms with E-state index in [4.69, 9.17) is 9.68 Å². The fourth-order valence-electron chi connectivity index (χ4n) is 6.73. The van der Waals surface area contributed by atoms with Gasteiger partial charge in [0.05, 0.1) is 35.1 Å². The molecule has 1 radical (unpaired) electrons. The maximum Gasteiger partial charge on any atom is 0.569 e. The summed E-state index contributed by atoms with van der Waals surface area (Å²) in [6.45, 7) is 0. The smallest absolute Gasteiger partial charge is 0.536 e. The monoisotopic (exact) mass is 914 g/mol. The lowest BCUT2D eigenvalue weighted by Crippen LogP contribution is -2.29. The summed E-state index contributed by atoms with van der Waals surface area (Å²) < 4.78 is 9.07. The lowest BCUT2D eigenvalue weighted by molar-refractivity contribution is -0.385. The number of thiophene rings is 2. The summed E-state index contributed by atoms with van der Waals surface area (Å²) in [7, 11) is -0.869. The zero-order valence-electron chi connectivity index (χ0n) is 30.7. The van der Waals surface area contributed by atoms with Gasteiger partial charge in [-0.15, -0.1) is 22.7 Å². The molecule has 3 N–H and O–H groups in total. The maximum atomic E-state index is 11.6. The van der Waals surface area contributed by atoms with Crippen molar-refractivity contribution in [3.05, 3.63) is 180 Å². The summed E-state index contributed by atoms with van der Waals surface area (Å²) in [5, 5.41) is 64.8. The molecule has 61 heavy (non-hydrogen) atoms. The summed E-state index contributed by atoms with van der Waals surface area (Å²) >= 11 is 5.96. The molecule has 0 bridgehead atoms. The molecule has 0 spiro atoms. The van der Waals surface area contributed by atoms with Crippen LogP contribution in [0.4, 0.5) is 17.1 Å². The SMILES string of the molecule is C.O=[N+]([O-])c1ccccc1-c1cccc2c1sc1c(-c3ccccc3[N+](=O)[O-])cccc12.O=[N+]([O-])c1ccccc1Br.O[B]Oc1cccc2c1sc1c(B(O)O)cccc12. The zero-order chi connectivity index (χ0) is 42.5. The summed E-state index contributed by atoms with van der Waals surface area (Å²) in [6.07, 6.45) is 0. The van der Waals surface area contributed by atoms with Crippen molar-refractivity contribution in [1.82, 2.24) is 0 Å². The highest BCUT2D eigenvalue weighted by atomic mass is 79.9. The molecule has 0 atom stereocenters. The average Bonchev–Trinajstić information content (AvgIpc) is 3.84. The van der Waals surface area contributed by atoms with E-state index in [9.17, 15) is 40.4 Å². The van der Waals surface area contributed by atoms with Gasteiger partial charge in [-0.3, -0.25) is 30.3 Å². The number of rotatable bonds is 8. The van der Waals surface area contributed by atoms with E-state index in [-0.39, 0.29) is 34.3 Å². The van der Waals surface area contributed by atoms with Crippen molar-refractivity contribution in [1.29, 1.82) is 0 Å². The molecule has 18 heteroatoms. The van der Waals surface area contributed by atoms with Gasteiger partial charge in [-0.25, -0.2) is 0 Å². The van der Waals surface area contributed by atoms with Crippen molar-refractivity contribution >= 4 is 116 Å². The number of halogens is 1. The van der Waals surface area contributed by atoms with Crippen molar-refractivity contribution in [2.75, 3.05) is 0 Å². The van der Waals surface area contributed by atoms with Gasteiger partial charge in [-0.1, -0.05) is 111 Å². The minimum atomic E-state index is -1.51. The van der Waals surface area contributed by atoms with Crippen LogP contribution in [0, 0.1) is 30.3 Å². The Labute approximate surface area is 364 Å². The third kappa shape index (κ3) is 9.00. The van der Waals surface area contributed by atoms with Gasteiger partial charge in [0.2, 0.25) is 0 Å². The van der Waals surface area contributed by atoms with Gasteiger partial charge >= 0.3 is 14.8 Å². The van der Waals surface area contributed by atoms with E-state index < -0.39 is 12.0 Å². The third-order valence-corrected chi connectivity index (χ3v) is 12.6. The molecule has 303 valence electrons. The van der Waals surface area contributed by atoms with Gasteiger partial charge in [-0.05, 0) is 45.7 Å². The van der Waals surface area contributed by atoms with E-state index in [0.717, 1.165) is 51.5 Å². The summed E-state index contributed by atoms with van der Waals surface area (Å²) in [5.74, 6) is 0.541. The van der Waals surface area contributed by atoms with Crippen LogP contribution in [0.1, 0.15) is 7.43 Å². The van der Waals surface area contributed by atoms with Crippen LogP contribution in [0.3, 0.4) is 0 Å². The third-order valence-electron chi connectivity index (χ3n) is 9.33. The number of nitrogens with zero attached hydrogens (tertiary/aromatic N) is 3. The fourth-order valence-corrected chi connectivity index (χ4v) is 9.81. The summed E-state index contributed by atoms with van der Waals surface area (Å²) in [5.41, 5.74) is 3.32. The Hall–Kier alpha value is -6.53. The Morgan fingerprint density at radius 2 is 0.902 bits per heavy atom. The second-order valence-corrected chi connectivity index (χ2v) is 15.7. The molecular formula is C43H31B2BrN3O10S2. The lowest BCUT2D eigenvalue weighted by Gasteiger charge is -2.04. The molecule has 2 heterocycles. The van der Waals surface area contributed by atoms with Crippen LogP contribution < -0.4 is 10.1 Å². The van der Waals surface area contributed by atoms with Crippen LogP contribution in [-0.2, 0) is 0 Å². The number of nitro groups is 3. The minimum Gasteiger partial charge on any atom is -0.536 e. The number of fused-ring (bicyclic) bond motifs is 6. The molecule has 13 nitrogen and oxygen atoms in total. The number of nitro benzene ring substituents is 3. The fraction of sp³-hybridized carbons (Fsp3) is 0.0233. The quantitative estimate of drug-likeness (QED) is 0.0748. The Balaban J connectivity index is 0.000000176. The van der Waals surface area contributed by atoms with E-state index in [1.807, 2.05) is 54.6 Å². The van der Waals surface area contributed by atoms with E-state index in [1.54, 1.807) is 72.8 Å². The highest BCUT2D eigenvalue weighted by Gasteiger charge is 2.22. The van der Waals surface area contributed by atoms with E-state index in [1.165, 1.54) is 40.9 Å². The summed E-state index contributed by atoms with van der Waals surface area (Å²) in [4.78, 5) is 32.2. The molecule has 0 aliphatic heterocycles. The molecule has 0 fully saturated rings. The van der Waals surface area contributed by atoms with E-state index in [0.29, 0.717) is 34.5 Å². The molecule has 9 aromatic rings. The van der Waals surface area contributed by atoms with Gasteiger partial charge < -0.3 is 19.7 Å². The molecule has 2 aromatic heterocycles. The molecule has 0 saturated heterocycles. The van der Waals surface area contributed by atoms with Crippen LogP contribution in [0.5, 0.6) is 5.75 Å². The van der Waals surface area contributed by atoms with Gasteiger partial charge in [0.25, 0.3) is 17.1 Å². The summed E-state index contributed by atoms with van der Waals surface area (Å²) in [6, 6.07) is 42.2. The molecule has 7 aromatic carbocycles. The second kappa shape index (κ2) is 19.2. The van der Waals surface area contributed by atoms with Crippen LogP contribution >= 0.6 is 38.6 Å². The van der Waals surface area contributed by atoms with Crippen molar-refractivity contribution < 1.29 is 34.5 Å². The van der Waals surface area contributed by atoms with Crippen LogP contribution in [0.25, 0.3) is 62.6 Å². The van der Waals surface area contributed by atoms with Crippen LogP contribution in [0.15, 0.2) is 150 Å². The van der Waals surface area contributed by atoms with Gasteiger partial charge in [0.1, 0.15) is 5.75 Å². The van der Waals surface area contributed by atoms with Gasteiger partial charge in [0, 0.05) is 65.0 Å². The molecule has 0 aliphatic rings. The Morgan fingerprint density at radius 3 is 1.36 bits per heavy atom. The van der Waals surface area contributed by atoms with Gasteiger partial charge in [-0.2, -0.15) is 0 Å². The number of hydrogen-bond acceptors (Lipinski definition) is 12. The molecule has 0 saturated carbocycles. The first-order chi connectivity index (χ1) is 29.0. The predicted molar refractivity (Wildman–Crippen MR) is 249 cm³/mol. The number of benzene rings is 7. The predicted octanol–water partition coefficient (Wildman–Crippen LogP) is 10.8. The molecule has 0 unspecified atom stereocenters. The normalized spacial score (nSPS) is 10.6. The topological polar surface area (TPSA) is 199 Å². The van der Waals surface area contributed by atoms with Crippen molar-refractivity contribution in [3.8, 4) is 28.0 Å². The maximum absolute atomic E-state index is 11.6. The highest BCUT2D eigenvalue weighted by molar-refractivity contribution is 9.10. The van der Waals surface area contributed by atoms with Crippen LogP contribution in [0.2, 0.25) is 0 Å². The highest BCUT2D eigenvalue weighted by Crippen LogP contribution is 2.46. The van der Waals surface area contributed by atoms with Crippen LogP contribution in [-0.4, -0.2) is 44.6 Å². The number of para-hydroxylation sites is 3. The number of hydrogen-bond donors (Lipinski definition) is 3. The van der Waals surface area contributed by atoms with Crippen molar-refractivity contribution in [2.24, 2.45) is 0 Å². The second-order valence-electron chi connectivity index (χ2n) is 12.8. The Morgan fingerprint density at radius 1 is 0.508 bits per heavy atom. The molecule has 9 rings (SSSR count). The van der Waals surface area contributed by atoms with Crippen molar-refractivity contribution in [2.45, 2.75) is 7.43 Å². The zero-order valence-corrected chi connectivity index (χ0v) is 34.0. The van der Waals surface area contributed by atoms with E-state index >= 15 is 0 Å². The Bertz CT molecular complexity index is 2980. The standard InChI is InChI=1S/C24H14N2O4S.C12H9B2O4S.C6H4BrNO2.CH4/c27-25(28)21-13-3-1-7-15(21)17-9-5-11-19-20-12-6-10-18(24(20)31-23(17)19)16-8-2-4-14-22(16)26(29)30;15-13-18-10-6-2-4-8-7-3-1-5-9(14(16)17)11(7)19-12(8)10;7-5-3-1-2-4-6(5)8(9)10;/h1-14H;1-6,15-17H;1-4H;1H4.